The van der Waals surface area contributed by atoms with Crippen molar-refractivity contribution in [2.24, 2.45) is 5.92 Å². The Morgan fingerprint density at radius 1 is 1.25 bits per heavy atom. The molecule has 0 spiro atoms. The number of aromatic carboxylic acids is 1. The van der Waals surface area contributed by atoms with Crippen molar-refractivity contribution in [3.63, 3.8) is 0 Å². The Morgan fingerprint density at radius 3 is 2.38 bits per heavy atom. The van der Waals surface area contributed by atoms with Crippen LogP contribution in [0.4, 0.5) is 14.5 Å². The number of aromatic nitrogens is 2. The standard InChI is InChI=1S/C16H17F2N3O3/c1-9(2)8-21-13(14(17)18)12(7-19-21)15(22)20-11-5-3-10(4-6-11)16(23)24/h3-7,9,14H,8H2,1-2H3,(H,20,22)(H,23,24). The van der Waals surface area contributed by atoms with Crippen LogP contribution in [0.15, 0.2) is 30.5 Å². The quantitative estimate of drug-likeness (QED) is 0.846. The van der Waals surface area contributed by atoms with Crippen LogP contribution in [0.2, 0.25) is 0 Å². The van der Waals surface area contributed by atoms with Crippen LogP contribution in [0.25, 0.3) is 0 Å². The van der Waals surface area contributed by atoms with Gasteiger partial charge in [0.15, 0.2) is 0 Å². The highest BCUT2D eigenvalue weighted by Gasteiger charge is 2.25. The van der Waals surface area contributed by atoms with E-state index < -0.39 is 24.0 Å². The summed E-state index contributed by atoms with van der Waals surface area (Å²) in [4.78, 5) is 23.0. The van der Waals surface area contributed by atoms with Gasteiger partial charge in [0.25, 0.3) is 12.3 Å². The Kier molecular flexibility index (Phi) is 5.28. The number of carboxylic acid groups (broad SMARTS) is 1. The molecule has 0 fully saturated rings. The van der Waals surface area contributed by atoms with Crippen LogP contribution in [0, 0.1) is 5.92 Å². The van der Waals surface area contributed by atoms with E-state index in [1.165, 1.54) is 24.3 Å². The first-order chi connectivity index (χ1) is 11.3. The van der Waals surface area contributed by atoms with Crippen molar-refractivity contribution < 1.29 is 23.5 Å². The first kappa shape index (κ1) is 17.6. The van der Waals surface area contributed by atoms with Crippen LogP contribution in [-0.4, -0.2) is 26.8 Å². The SMILES string of the molecule is CC(C)Cn1ncc(C(=O)Nc2ccc(C(=O)O)cc2)c1C(F)F. The minimum Gasteiger partial charge on any atom is -0.478 e. The normalized spacial score (nSPS) is 11.1. The van der Waals surface area contributed by atoms with Crippen LogP contribution in [0.3, 0.4) is 0 Å². The molecular formula is C16H17F2N3O3. The molecule has 2 aromatic rings. The second-order valence-electron chi connectivity index (χ2n) is 5.66. The molecule has 0 aliphatic rings. The van der Waals surface area contributed by atoms with Gasteiger partial charge in [-0.25, -0.2) is 13.6 Å². The van der Waals surface area contributed by atoms with Gasteiger partial charge in [-0.15, -0.1) is 0 Å². The lowest BCUT2D eigenvalue weighted by atomic mass is 10.2. The van der Waals surface area contributed by atoms with Crippen molar-refractivity contribution in [3.05, 3.63) is 47.3 Å². The average molecular weight is 337 g/mol. The predicted molar refractivity (Wildman–Crippen MR) is 83.4 cm³/mol. The van der Waals surface area contributed by atoms with Crippen LogP contribution in [0.1, 0.15) is 46.7 Å². The van der Waals surface area contributed by atoms with Gasteiger partial charge in [-0.1, -0.05) is 13.8 Å². The summed E-state index contributed by atoms with van der Waals surface area (Å²) in [5, 5.41) is 15.2. The maximum absolute atomic E-state index is 13.3. The maximum Gasteiger partial charge on any atom is 0.335 e. The van der Waals surface area contributed by atoms with Crippen molar-refractivity contribution in [1.29, 1.82) is 0 Å². The fraction of sp³-hybridized carbons (Fsp3) is 0.312. The third-order valence-electron chi connectivity index (χ3n) is 3.26. The van der Waals surface area contributed by atoms with Crippen molar-refractivity contribution in [3.8, 4) is 0 Å². The van der Waals surface area contributed by atoms with Gasteiger partial charge in [-0.2, -0.15) is 5.10 Å². The lowest BCUT2D eigenvalue weighted by molar-refractivity contribution is 0.0696. The van der Waals surface area contributed by atoms with Crippen molar-refractivity contribution >= 4 is 17.6 Å². The van der Waals surface area contributed by atoms with Gasteiger partial charge in [0.05, 0.1) is 17.3 Å². The fourth-order valence-electron chi connectivity index (χ4n) is 2.19. The minimum atomic E-state index is -2.83. The number of halogens is 2. The van der Waals surface area contributed by atoms with Gasteiger partial charge in [-0.3, -0.25) is 9.48 Å². The minimum absolute atomic E-state index is 0.0611. The molecule has 0 unspecified atom stereocenters. The maximum atomic E-state index is 13.3. The molecule has 0 aliphatic carbocycles. The lowest BCUT2D eigenvalue weighted by Crippen LogP contribution is -2.16. The Morgan fingerprint density at radius 2 is 1.88 bits per heavy atom. The molecule has 0 aliphatic heterocycles. The van der Waals surface area contributed by atoms with Crippen LogP contribution >= 0.6 is 0 Å². The number of carbonyl (C=O) groups is 2. The topological polar surface area (TPSA) is 84.2 Å². The number of carboxylic acids is 1. The molecule has 1 aromatic heterocycles. The number of nitrogens with one attached hydrogen (secondary N) is 1. The van der Waals surface area contributed by atoms with E-state index in [1.54, 1.807) is 0 Å². The van der Waals surface area contributed by atoms with E-state index in [1.807, 2.05) is 13.8 Å². The summed E-state index contributed by atoms with van der Waals surface area (Å²) < 4.78 is 27.7. The highest BCUT2D eigenvalue weighted by atomic mass is 19.3. The van der Waals surface area contributed by atoms with Gasteiger partial charge in [0.1, 0.15) is 5.69 Å². The second kappa shape index (κ2) is 7.20. The molecule has 1 aromatic carbocycles. The van der Waals surface area contributed by atoms with E-state index in [9.17, 15) is 18.4 Å². The van der Waals surface area contributed by atoms with E-state index in [4.69, 9.17) is 5.11 Å². The molecule has 1 amide bonds. The number of nitrogens with zero attached hydrogens (tertiary/aromatic N) is 2. The van der Waals surface area contributed by atoms with Gasteiger partial charge in [0, 0.05) is 12.2 Å². The first-order valence-electron chi connectivity index (χ1n) is 7.28. The van der Waals surface area contributed by atoms with Gasteiger partial charge < -0.3 is 10.4 Å². The van der Waals surface area contributed by atoms with Crippen LogP contribution < -0.4 is 5.32 Å². The van der Waals surface area contributed by atoms with Crippen molar-refractivity contribution in [1.82, 2.24) is 9.78 Å². The number of benzene rings is 1. The van der Waals surface area contributed by atoms with Gasteiger partial charge in [-0.05, 0) is 30.2 Å². The summed E-state index contributed by atoms with van der Waals surface area (Å²) in [6, 6.07) is 5.41. The Hall–Kier alpha value is -2.77. The molecule has 8 heteroatoms. The van der Waals surface area contributed by atoms with E-state index in [0.29, 0.717) is 5.69 Å². The Balaban J connectivity index is 2.23. The highest BCUT2D eigenvalue weighted by Crippen LogP contribution is 2.24. The summed E-state index contributed by atoms with van der Waals surface area (Å²) in [6.07, 6.45) is -1.72. The molecule has 0 bridgehead atoms. The number of amides is 1. The average Bonchev–Trinajstić information content (AvgIpc) is 2.90. The zero-order valence-electron chi connectivity index (χ0n) is 13.2. The summed E-state index contributed by atoms with van der Waals surface area (Å²) in [5.41, 5.74) is -0.260. The number of hydrogen-bond acceptors (Lipinski definition) is 3. The summed E-state index contributed by atoms with van der Waals surface area (Å²) in [7, 11) is 0. The Bertz CT molecular complexity index is 740. The summed E-state index contributed by atoms with van der Waals surface area (Å²) in [6.45, 7) is 4.00. The number of hydrogen-bond donors (Lipinski definition) is 2. The van der Waals surface area contributed by atoms with Crippen molar-refractivity contribution in [2.45, 2.75) is 26.8 Å². The largest absolute Gasteiger partial charge is 0.478 e. The molecule has 128 valence electrons. The molecule has 2 N–H and O–H groups in total. The Labute approximate surface area is 137 Å². The molecular weight excluding hydrogens is 320 g/mol. The third-order valence-corrected chi connectivity index (χ3v) is 3.26. The fourth-order valence-corrected chi connectivity index (χ4v) is 2.19. The second-order valence-corrected chi connectivity index (χ2v) is 5.66. The molecule has 0 saturated heterocycles. The van der Waals surface area contributed by atoms with E-state index in [0.717, 1.165) is 10.9 Å². The number of rotatable bonds is 6. The number of anilines is 1. The smallest absolute Gasteiger partial charge is 0.335 e. The third kappa shape index (κ3) is 3.95. The predicted octanol–water partition coefficient (Wildman–Crippen LogP) is 3.43. The summed E-state index contributed by atoms with van der Waals surface area (Å²) in [5.74, 6) is -1.71. The number of carbonyl (C=O) groups excluding carboxylic acids is 1. The van der Waals surface area contributed by atoms with Gasteiger partial charge in [0.2, 0.25) is 0 Å². The molecule has 6 nitrogen and oxygen atoms in total. The lowest BCUT2D eigenvalue weighted by Gasteiger charge is -2.11. The van der Waals surface area contributed by atoms with Crippen molar-refractivity contribution in [2.75, 3.05) is 5.32 Å². The molecule has 0 radical (unpaired) electrons. The molecule has 1 heterocycles. The zero-order valence-corrected chi connectivity index (χ0v) is 13.2. The number of alkyl halides is 2. The zero-order chi connectivity index (χ0) is 17.9. The van der Waals surface area contributed by atoms with Gasteiger partial charge >= 0.3 is 5.97 Å². The highest BCUT2D eigenvalue weighted by molar-refractivity contribution is 6.05. The van der Waals surface area contributed by atoms with Crippen LogP contribution in [-0.2, 0) is 6.54 Å². The van der Waals surface area contributed by atoms with E-state index >= 15 is 0 Å². The molecule has 2 rings (SSSR count). The molecule has 0 saturated carbocycles. The van der Waals surface area contributed by atoms with E-state index in [2.05, 4.69) is 10.4 Å². The van der Waals surface area contributed by atoms with Crippen LogP contribution in [0.5, 0.6) is 0 Å². The van der Waals surface area contributed by atoms with E-state index in [-0.39, 0.29) is 23.6 Å². The monoisotopic (exact) mass is 337 g/mol. The first-order valence-corrected chi connectivity index (χ1v) is 7.28. The summed E-state index contributed by atoms with van der Waals surface area (Å²) >= 11 is 0. The molecule has 0 atom stereocenters. The molecule has 24 heavy (non-hydrogen) atoms.